The molecule has 0 aromatic heterocycles. The van der Waals surface area contributed by atoms with Gasteiger partial charge >= 0.3 is 0 Å². The lowest BCUT2D eigenvalue weighted by Crippen LogP contribution is -2.65. The summed E-state index contributed by atoms with van der Waals surface area (Å²) in [5.41, 5.74) is -5.36. The van der Waals surface area contributed by atoms with Gasteiger partial charge in [0.15, 0.2) is 11.6 Å². The van der Waals surface area contributed by atoms with Crippen molar-refractivity contribution in [3.63, 3.8) is 0 Å². The molecule has 4 aliphatic rings. The highest BCUT2D eigenvalue weighted by molar-refractivity contribution is 5.97. The van der Waals surface area contributed by atoms with E-state index in [2.05, 4.69) is 13.0 Å². The van der Waals surface area contributed by atoms with Crippen LogP contribution in [-0.2, 0) is 14.4 Å². The molecule has 206 valence electrons. The number of aliphatic hydroxyl groups is 4. The second kappa shape index (κ2) is 8.17. The first-order valence-corrected chi connectivity index (χ1v) is 13.5. The minimum absolute atomic E-state index is 0.0255. The van der Waals surface area contributed by atoms with E-state index in [1.54, 1.807) is 0 Å². The van der Waals surface area contributed by atoms with E-state index < -0.39 is 56.8 Å². The molecule has 0 radical (unpaired) electrons. The average Bonchev–Trinajstić information content (AvgIpc) is 2.96. The number of allylic oxidation sites excluding steroid dienone is 1. The fraction of sp³-hybridized carbons (Fsp3) is 0.767. The number of ketones is 3. The number of hydrogen-bond donors (Lipinski definition) is 4. The number of hydrogen-bond acceptors (Lipinski definition) is 7. The quantitative estimate of drug-likeness (QED) is 0.334. The molecular weight excluding hydrogens is 472 g/mol. The van der Waals surface area contributed by atoms with Crippen LogP contribution in [0.1, 0.15) is 81.1 Å². The van der Waals surface area contributed by atoms with Gasteiger partial charge in [0.25, 0.3) is 0 Å². The summed E-state index contributed by atoms with van der Waals surface area (Å²) < 4.78 is 0. The Morgan fingerprint density at radius 3 is 2.19 bits per heavy atom. The van der Waals surface area contributed by atoms with E-state index in [9.17, 15) is 34.8 Å². The maximum Gasteiger partial charge on any atom is 0.187 e. The molecule has 0 saturated heterocycles. The van der Waals surface area contributed by atoms with Crippen LogP contribution in [0.25, 0.3) is 0 Å². The molecule has 3 fully saturated rings. The zero-order chi connectivity index (χ0) is 28.1. The smallest absolute Gasteiger partial charge is 0.187 e. The van der Waals surface area contributed by atoms with Crippen molar-refractivity contribution in [1.29, 1.82) is 0 Å². The van der Waals surface area contributed by atoms with Crippen molar-refractivity contribution in [3.05, 3.63) is 23.8 Å². The van der Waals surface area contributed by atoms with Gasteiger partial charge in [0.2, 0.25) is 0 Å². The number of rotatable bonds is 4. The van der Waals surface area contributed by atoms with E-state index in [1.165, 1.54) is 26.8 Å². The Morgan fingerprint density at radius 1 is 1.03 bits per heavy atom. The number of fused-ring (bicyclic) bond motifs is 5. The highest BCUT2D eigenvalue weighted by Crippen LogP contribution is 2.74. The van der Waals surface area contributed by atoms with Gasteiger partial charge in [-0.2, -0.15) is 0 Å². The van der Waals surface area contributed by atoms with Crippen LogP contribution in [0.2, 0.25) is 0 Å². The third kappa shape index (κ3) is 3.71. The highest BCUT2D eigenvalue weighted by Gasteiger charge is 2.74. The molecule has 0 amide bonds. The standard InChI is InChI=1S/C30H44O7/c1-25(2,36)12-11-21(33)30(8,37)23-19(32)14-27(5)20-10-9-16-17(13-18(31)24(35)26(16,3)4)29(20,7)22(34)15-28(23,27)6/h9,11-12,17,19-20,23-24,32,35-37H,10,13-15H2,1-8H3/b12-11+. The van der Waals surface area contributed by atoms with Crippen LogP contribution in [0.15, 0.2) is 23.8 Å². The Morgan fingerprint density at radius 2 is 1.62 bits per heavy atom. The summed E-state index contributed by atoms with van der Waals surface area (Å²) in [6, 6.07) is 0. The third-order valence-electron chi connectivity index (χ3n) is 11.2. The molecule has 0 aromatic carbocycles. The summed E-state index contributed by atoms with van der Waals surface area (Å²) in [4.78, 5) is 40.3. The van der Waals surface area contributed by atoms with Gasteiger partial charge in [0.1, 0.15) is 17.5 Å². The Hall–Kier alpha value is -1.67. The summed E-state index contributed by atoms with van der Waals surface area (Å²) in [7, 11) is 0. The summed E-state index contributed by atoms with van der Waals surface area (Å²) in [6.07, 6.45) is 3.49. The molecule has 0 aliphatic heterocycles. The lowest BCUT2D eigenvalue weighted by Gasteiger charge is -2.64. The molecule has 0 spiro atoms. The van der Waals surface area contributed by atoms with Crippen molar-refractivity contribution in [3.8, 4) is 0 Å². The minimum Gasteiger partial charge on any atom is -0.393 e. The topological polar surface area (TPSA) is 132 Å². The van der Waals surface area contributed by atoms with E-state index in [4.69, 9.17) is 0 Å². The number of aliphatic hydroxyl groups excluding tert-OH is 2. The van der Waals surface area contributed by atoms with Gasteiger partial charge in [0.05, 0.1) is 11.7 Å². The van der Waals surface area contributed by atoms with E-state index in [-0.39, 0.29) is 36.2 Å². The van der Waals surface area contributed by atoms with E-state index >= 15 is 0 Å². The Bertz CT molecular complexity index is 1090. The van der Waals surface area contributed by atoms with Crippen molar-refractivity contribution in [2.75, 3.05) is 0 Å². The Balaban J connectivity index is 1.80. The zero-order valence-electron chi connectivity index (χ0n) is 23.5. The first-order valence-electron chi connectivity index (χ1n) is 13.5. The zero-order valence-corrected chi connectivity index (χ0v) is 23.5. The van der Waals surface area contributed by atoms with E-state index in [0.717, 1.165) is 11.6 Å². The Labute approximate surface area is 220 Å². The van der Waals surface area contributed by atoms with Crippen molar-refractivity contribution in [2.24, 2.45) is 39.4 Å². The first kappa shape index (κ1) is 28.3. The Kier molecular flexibility index (Phi) is 6.26. The van der Waals surface area contributed by atoms with Gasteiger partial charge in [-0.25, -0.2) is 0 Å². The first-order chi connectivity index (χ1) is 16.7. The largest absolute Gasteiger partial charge is 0.393 e. The second-order valence-electron chi connectivity index (χ2n) is 14.3. The second-order valence-corrected chi connectivity index (χ2v) is 14.3. The molecule has 4 aliphatic carbocycles. The maximum atomic E-state index is 14.2. The third-order valence-corrected chi connectivity index (χ3v) is 11.2. The molecule has 0 bridgehead atoms. The summed E-state index contributed by atoms with van der Waals surface area (Å²) in [5.74, 6) is -2.34. The molecule has 9 unspecified atom stereocenters. The molecule has 3 saturated carbocycles. The fourth-order valence-corrected chi connectivity index (χ4v) is 8.95. The van der Waals surface area contributed by atoms with Gasteiger partial charge in [-0.1, -0.05) is 52.3 Å². The normalized spacial score (nSPS) is 45.1. The molecule has 7 nitrogen and oxygen atoms in total. The average molecular weight is 517 g/mol. The molecule has 37 heavy (non-hydrogen) atoms. The summed E-state index contributed by atoms with van der Waals surface area (Å²) in [6.45, 7) is 14.1. The molecule has 0 heterocycles. The van der Waals surface area contributed by atoms with Gasteiger partial charge in [-0.3, -0.25) is 14.4 Å². The fourth-order valence-electron chi connectivity index (χ4n) is 8.95. The SMILES string of the molecule is CC(C)(O)/C=C/C(=O)C(C)(O)C1C(O)CC2(C)C3CC=C4C(CC(=O)C(O)C4(C)C)C3(C)C(=O)CC12C. The molecule has 9 atom stereocenters. The van der Waals surface area contributed by atoms with Crippen LogP contribution >= 0.6 is 0 Å². The minimum atomic E-state index is -1.95. The lowest BCUT2D eigenvalue weighted by molar-refractivity contribution is -0.183. The number of carbonyl (C=O) groups is 3. The number of carbonyl (C=O) groups excluding carboxylic acids is 3. The van der Waals surface area contributed by atoms with Gasteiger partial charge in [0, 0.05) is 29.6 Å². The predicted octanol–water partition coefficient (Wildman–Crippen LogP) is 2.93. The molecular formula is C30H44O7. The summed E-state index contributed by atoms with van der Waals surface area (Å²) >= 11 is 0. The van der Waals surface area contributed by atoms with Crippen molar-refractivity contribution >= 4 is 17.3 Å². The monoisotopic (exact) mass is 516 g/mol. The van der Waals surface area contributed by atoms with Crippen LogP contribution in [0.5, 0.6) is 0 Å². The van der Waals surface area contributed by atoms with Crippen molar-refractivity contribution in [2.45, 2.75) is 104 Å². The lowest BCUT2D eigenvalue weighted by atomic mass is 9.38. The molecule has 7 heteroatoms. The number of Topliss-reactive ketones (excluding diaryl/α,β-unsaturated/α-hetero) is 2. The summed E-state index contributed by atoms with van der Waals surface area (Å²) in [5, 5.41) is 43.7. The highest BCUT2D eigenvalue weighted by atomic mass is 16.3. The molecule has 4 rings (SSSR count). The van der Waals surface area contributed by atoms with Crippen LogP contribution in [0, 0.1) is 39.4 Å². The van der Waals surface area contributed by atoms with Crippen molar-refractivity contribution in [1.82, 2.24) is 0 Å². The van der Waals surface area contributed by atoms with Gasteiger partial charge < -0.3 is 20.4 Å². The molecule has 0 aromatic rings. The van der Waals surface area contributed by atoms with Crippen LogP contribution < -0.4 is 0 Å². The van der Waals surface area contributed by atoms with Crippen LogP contribution in [0.3, 0.4) is 0 Å². The van der Waals surface area contributed by atoms with E-state index in [1.807, 2.05) is 27.7 Å². The van der Waals surface area contributed by atoms with Crippen LogP contribution in [0.4, 0.5) is 0 Å². The molecule has 4 N–H and O–H groups in total. The van der Waals surface area contributed by atoms with Gasteiger partial charge in [-0.05, 0) is 62.4 Å². The maximum absolute atomic E-state index is 14.2. The van der Waals surface area contributed by atoms with E-state index in [0.29, 0.717) is 12.8 Å². The van der Waals surface area contributed by atoms with Gasteiger partial charge in [-0.15, -0.1) is 0 Å². The van der Waals surface area contributed by atoms with Crippen LogP contribution in [-0.4, -0.2) is 61.2 Å². The van der Waals surface area contributed by atoms with Crippen molar-refractivity contribution < 1.29 is 34.8 Å². The predicted molar refractivity (Wildman–Crippen MR) is 138 cm³/mol.